The van der Waals surface area contributed by atoms with Crippen LogP contribution in [0.15, 0.2) is 24.3 Å². The minimum Gasteiger partial charge on any atom is -0.396 e. The van der Waals surface area contributed by atoms with Gasteiger partial charge in [-0.3, -0.25) is 4.90 Å². The van der Waals surface area contributed by atoms with Crippen molar-refractivity contribution in [3.63, 3.8) is 0 Å². The maximum atomic E-state index is 9.28. The van der Waals surface area contributed by atoms with Gasteiger partial charge in [-0.25, -0.2) is 0 Å². The number of piperidine rings is 1. The van der Waals surface area contributed by atoms with Crippen LogP contribution in [0.1, 0.15) is 37.1 Å². The molecule has 1 unspecified atom stereocenters. The van der Waals surface area contributed by atoms with E-state index < -0.39 is 0 Å². The van der Waals surface area contributed by atoms with E-state index in [9.17, 15) is 5.11 Å². The highest BCUT2D eigenvalue weighted by Crippen LogP contribution is 2.22. The largest absolute Gasteiger partial charge is 0.396 e. The molecule has 0 amide bonds. The fraction of sp³-hybridized carbons (Fsp3) is 0.500. The normalized spacial score (nSPS) is 18.2. The van der Waals surface area contributed by atoms with Crippen LogP contribution in [0.5, 0.6) is 0 Å². The van der Waals surface area contributed by atoms with Gasteiger partial charge in [-0.1, -0.05) is 24.6 Å². The molecule has 0 aliphatic carbocycles. The topological polar surface area (TPSA) is 100 Å². The number of aryl methyl sites for hydroxylation is 1. The molecule has 134 valence electrons. The van der Waals surface area contributed by atoms with E-state index >= 15 is 0 Å². The van der Waals surface area contributed by atoms with Gasteiger partial charge in [0, 0.05) is 18.3 Å². The Balaban J connectivity index is 1.76. The molecule has 7 nitrogen and oxygen atoms in total. The lowest BCUT2D eigenvalue weighted by atomic mass is 10.00. The lowest BCUT2D eigenvalue weighted by molar-refractivity contribution is 0.110. The predicted molar refractivity (Wildman–Crippen MR) is 98.5 cm³/mol. The Morgan fingerprint density at radius 1 is 1.24 bits per heavy atom. The van der Waals surface area contributed by atoms with E-state index in [1.54, 1.807) is 0 Å². The van der Waals surface area contributed by atoms with E-state index in [4.69, 9.17) is 5.73 Å². The third kappa shape index (κ3) is 4.64. The second-order valence-corrected chi connectivity index (χ2v) is 6.51. The third-order valence-electron chi connectivity index (χ3n) is 4.65. The first-order valence-corrected chi connectivity index (χ1v) is 8.83. The standard InChI is InChI=1S/C18H26N6O/c1-13-6-2-3-8-15(13)20-18-22-16(21-17(19)23-18)12-24-10-5-4-7-14(24)9-11-25/h2-3,6,8,14,25H,4-5,7,9-12H2,1H3,(H3,19,20,21,22,23). The van der Waals surface area contributed by atoms with E-state index in [-0.39, 0.29) is 12.6 Å². The molecule has 2 heterocycles. The summed E-state index contributed by atoms with van der Waals surface area (Å²) in [5, 5.41) is 12.5. The summed E-state index contributed by atoms with van der Waals surface area (Å²) in [5.74, 6) is 1.35. The Morgan fingerprint density at radius 3 is 2.88 bits per heavy atom. The lowest BCUT2D eigenvalue weighted by Gasteiger charge is -2.34. The summed E-state index contributed by atoms with van der Waals surface area (Å²) in [6, 6.07) is 8.35. The minimum atomic E-state index is 0.209. The zero-order valence-electron chi connectivity index (χ0n) is 14.6. The first-order valence-electron chi connectivity index (χ1n) is 8.83. The molecular formula is C18H26N6O. The summed E-state index contributed by atoms with van der Waals surface area (Å²) < 4.78 is 0. The van der Waals surface area contributed by atoms with E-state index in [2.05, 4.69) is 25.2 Å². The van der Waals surface area contributed by atoms with Gasteiger partial charge in [0.1, 0.15) is 5.82 Å². The number of para-hydroxylation sites is 1. The third-order valence-corrected chi connectivity index (χ3v) is 4.65. The van der Waals surface area contributed by atoms with Crippen molar-refractivity contribution in [2.45, 2.75) is 45.2 Å². The van der Waals surface area contributed by atoms with Crippen LogP contribution in [-0.2, 0) is 6.54 Å². The SMILES string of the molecule is Cc1ccccc1Nc1nc(N)nc(CN2CCCCC2CCO)n1. The first kappa shape index (κ1) is 17.6. The second kappa shape index (κ2) is 8.22. The predicted octanol–water partition coefficient (Wildman–Crippen LogP) is 2.24. The number of rotatable bonds is 6. The van der Waals surface area contributed by atoms with E-state index in [1.807, 2.05) is 31.2 Å². The molecule has 0 bridgehead atoms. The van der Waals surface area contributed by atoms with Crippen molar-refractivity contribution < 1.29 is 5.11 Å². The van der Waals surface area contributed by atoms with Gasteiger partial charge in [0.2, 0.25) is 11.9 Å². The molecule has 1 atom stereocenters. The number of hydrogen-bond acceptors (Lipinski definition) is 7. The first-order chi connectivity index (χ1) is 12.2. The molecule has 1 fully saturated rings. The lowest BCUT2D eigenvalue weighted by Crippen LogP contribution is -2.40. The molecule has 1 aliphatic rings. The van der Waals surface area contributed by atoms with Gasteiger partial charge in [0.05, 0.1) is 6.54 Å². The molecular weight excluding hydrogens is 316 g/mol. The van der Waals surface area contributed by atoms with Gasteiger partial charge in [-0.05, 0) is 44.4 Å². The average Bonchev–Trinajstić information content (AvgIpc) is 2.58. The zero-order valence-corrected chi connectivity index (χ0v) is 14.6. The van der Waals surface area contributed by atoms with Crippen LogP contribution in [0.25, 0.3) is 0 Å². The van der Waals surface area contributed by atoms with Crippen LogP contribution < -0.4 is 11.1 Å². The van der Waals surface area contributed by atoms with Crippen LogP contribution in [0.3, 0.4) is 0 Å². The number of aliphatic hydroxyl groups is 1. The number of aliphatic hydroxyl groups excluding tert-OH is 1. The number of nitrogens with two attached hydrogens (primary N) is 1. The fourth-order valence-electron chi connectivity index (χ4n) is 3.32. The molecule has 0 radical (unpaired) electrons. The summed E-state index contributed by atoms with van der Waals surface area (Å²) >= 11 is 0. The Labute approximate surface area is 148 Å². The maximum absolute atomic E-state index is 9.28. The summed E-state index contributed by atoms with van der Waals surface area (Å²) in [6.45, 7) is 3.86. The molecule has 1 aliphatic heterocycles. The summed E-state index contributed by atoms with van der Waals surface area (Å²) in [7, 11) is 0. The average molecular weight is 342 g/mol. The Morgan fingerprint density at radius 2 is 2.08 bits per heavy atom. The fourth-order valence-corrected chi connectivity index (χ4v) is 3.32. The smallest absolute Gasteiger partial charge is 0.232 e. The van der Waals surface area contributed by atoms with Gasteiger partial charge in [0.15, 0.2) is 0 Å². The molecule has 0 saturated carbocycles. The monoisotopic (exact) mass is 342 g/mol. The quantitative estimate of drug-likeness (QED) is 0.740. The van der Waals surface area contributed by atoms with Crippen molar-refractivity contribution >= 4 is 17.6 Å². The van der Waals surface area contributed by atoms with Crippen molar-refractivity contribution in [1.29, 1.82) is 0 Å². The van der Waals surface area contributed by atoms with Gasteiger partial charge in [-0.2, -0.15) is 15.0 Å². The van der Waals surface area contributed by atoms with Crippen molar-refractivity contribution in [3.8, 4) is 0 Å². The Bertz CT molecular complexity index is 706. The Hall–Kier alpha value is -2.25. The molecule has 2 aromatic rings. The molecule has 0 spiro atoms. The van der Waals surface area contributed by atoms with E-state index in [0.717, 1.165) is 37.1 Å². The van der Waals surface area contributed by atoms with Crippen LogP contribution in [-0.4, -0.2) is 44.2 Å². The molecule has 4 N–H and O–H groups in total. The van der Waals surface area contributed by atoms with Gasteiger partial charge in [0.25, 0.3) is 0 Å². The maximum Gasteiger partial charge on any atom is 0.232 e. The number of nitrogen functional groups attached to an aromatic ring is 1. The summed E-state index contributed by atoms with van der Waals surface area (Å²) in [6.07, 6.45) is 4.27. The van der Waals surface area contributed by atoms with Crippen LogP contribution in [0, 0.1) is 6.92 Å². The molecule has 1 aromatic heterocycles. The number of nitrogens with one attached hydrogen (secondary N) is 1. The Kier molecular flexibility index (Phi) is 5.78. The van der Waals surface area contributed by atoms with E-state index in [1.165, 1.54) is 6.42 Å². The van der Waals surface area contributed by atoms with Gasteiger partial charge in [-0.15, -0.1) is 0 Å². The number of hydrogen-bond donors (Lipinski definition) is 3. The van der Waals surface area contributed by atoms with E-state index in [0.29, 0.717) is 24.4 Å². The van der Waals surface area contributed by atoms with Gasteiger partial charge < -0.3 is 16.2 Å². The van der Waals surface area contributed by atoms with Crippen LogP contribution in [0.2, 0.25) is 0 Å². The van der Waals surface area contributed by atoms with Crippen molar-refractivity contribution in [2.24, 2.45) is 0 Å². The van der Waals surface area contributed by atoms with Gasteiger partial charge >= 0.3 is 0 Å². The number of aromatic nitrogens is 3. The highest BCUT2D eigenvalue weighted by Gasteiger charge is 2.23. The number of nitrogens with zero attached hydrogens (tertiary/aromatic N) is 4. The number of likely N-dealkylation sites (tertiary alicyclic amines) is 1. The number of benzene rings is 1. The highest BCUT2D eigenvalue weighted by molar-refractivity contribution is 5.58. The molecule has 1 saturated heterocycles. The van der Waals surface area contributed by atoms with Crippen LogP contribution in [0.4, 0.5) is 17.6 Å². The zero-order chi connectivity index (χ0) is 17.6. The summed E-state index contributed by atoms with van der Waals surface area (Å²) in [5.41, 5.74) is 7.96. The minimum absolute atomic E-state index is 0.209. The van der Waals surface area contributed by atoms with Crippen LogP contribution >= 0.6 is 0 Å². The van der Waals surface area contributed by atoms with Crippen molar-refractivity contribution in [1.82, 2.24) is 19.9 Å². The molecule has 7 heteroatoms. The second-order valence-electron chi connectivity index (χ2n) is 6.51. The highest BCUT2D eigenvalue weighted by atomic mass is 16.3. The van der Waals surface area contributed by atoms with Crippen molar-refractivity contribution in [3.05, 3.63) is 35.7 Å². The molecule has 3 rings (SSSR count). The molecule has 25 heavy (non-hydrogen) atoms. The molecule has 1 aromatic carbocycles. The number of anilines is 3. The summed E-state index contributed by atoms with van der Waals surface area (Å²) in [4.78, 5) is 15.4. The van der Waals surface area contributed by atoms with Crippen molar-refractivity contribution in [2.75, 3.05) is 24.2 Å².